The van der Waals surface area contributed by atoms with E-state index in [4.69, 9.17) is 14.2 Å². The van der Waals surface area contributed by atoms with Gasteiger partial charge in [-0.15, -0.1) is 0 Å². The Kier molecular flexibility index (Phi) is 2.33. The van der Waals surface area contributed by atoms with E-state index in [0.717, 1.165) is 10.9 Å². The first-order valence-corrected chi connectivity index (χ1v) is 5.54. The van der Waals surface area contributed by atoms with Crippen LogP contribution in [0.1, 0.15) is 12.5 Å². The third-order valence-corrected chi connectivity index (χ3v) is 2.81. The average molecular weight is 245 g/mol. The molecule has 0 aliphatic carbocycles. The van der Waals surface area contributed by atoms with Gasteiger partial charge in [0, 0.05) is 24.1 Å². The summed E-state index contributed by atoms with van der Waals surface area (Å²) in [5, 5.41) is 0.745. The first kappa shape index (κ1) is 10.8. The highest BCUT2D eigenvalue weighted by Gasteiger charge is 2.25. The predicted molar refractivity (Wildman–Crippen MR) is 63.9 cm³/mol. The summed E-state index contributed by atoms with van der Waals surface area (Å²) in [5.74, 6) is 1.31. The van der Waals surface area contributed by atoms with Crippen molar-refractivity contribution in [1.29, 1.82) is 0 Å². The van der Waals surface area contributed by atoms with Gasteiger partial charge >= 0.3 is 5.97 Å². The van der Waals surface area contributed by atoms with Gasteiger partial charge < -0.3 is 14.2 Å². The number of fused-ring (bicyclic) bond motifs is 3. The lowest BCUT2D eigenvalue weighted by Crippen LogP contribution is -2.04. The monoisotopic (exact) mass is 245 g/mol. The van der Waals surface area contributed by atoms with Crippen molar-refractivity contribution in [2.75, 3.05) is 6.79 Å². The highest BCUT2D eigenvalue weighted by Crippen LogP contribution is 2.46. The second-order valence-electron chi connectivity index (χ2n) is 4.01. The van der Waals surface area contributed by atoms with Crippen LogP contribution in [0.5, 0.6) is 17.2 Å². The number of ether oxygens (including phenoxy) is 3. The molecule has 0 amide bonds. The molecule has 5 nitrogen and oxygen atoms in total. The lowest BCUT2D eigenvalue weighted by atomic mass is 10.1. The fourth-order valence-corrected chi connectivity index (χ4v) is 2.08. The Labute approximate surface area is 103 Å². The van der Waals surface area contributed by atoms with E-state index in [1.165, 1.54) is 6.92 Å². The van der Waals surface area contributed by atoms with Crippen LogP contribution in [0.2, 0.25) is 0 Å². The number of esters is 1. The maximum absolute atomic E-state index is 11.2. The van der Waals surface area contributed by atoms with Crippen molar-refractivity contribution in [1.82, 2.24) is 4.98 Å². The zero-order valence-electron chi connectivity index (χ0n) is 10.0. The molecule has 5 heteroatoms. The standard InChI is InChI=1S/C13H11NO4/c1-7-11(18-8(2)15)9-4-3-5-14-10(9)13-12(7)16-6-17-13/h3-5H,6H2,1-2H3. The van der Waals surface area contributed by atoms with E-state index in [-0.39, 0.29) is 12.8 Å². The Morgan fingerprint density at radius 1 is 1.39 bits per heavy atom. The summed E-state index contributed by atoms with van der Waals surface area (Å²) in [6.45, 7) is 3.36. The third kappa shape index (κ3) is 1.48. The number of rotatable bonds is 1. The number of hydrogen-bond donors (Lipinski definition) is 0. The number of nitrogens with zero attached hydrogens (tertiary/aromatic N) is 1. The molecule has 0 saturated heterocycles. The number of carbonyl (C=O) groups excluding carboxylic acids is 1. The maximum atomic E-state index is 11.2. The summed E-state index contributed by atoms with van der Waals surface area (Å²) in [6, 6.07) is 3.63. The van der Waals surface area contributed by atoms with Crippen LogP contribution >= 0.6 is 0 Å². The van der Waals surface area contributed by atoms with E-state index in [0.29, 0.717) is 22.8 Å². The van der Waals surface area contributed by atoms with Crippen molar-refractivity contribution < 1.29 is 19.0 Å². The minimum absolute atomic E-state index is 0.158. The molecule has 92 valence electrons. The van der Waals surface area contributed by atoms with Gasteiger partial charge in [-0.3, -0.25) is 9.78 Å². The Morgan fingerprint density at radius 2 is 2.17 bits per heavy atom. The van der Waals surface area contributed by atoms with Gasteiger partial charge in [-0.2, -0.15) is 0 Å². The van der Waals surface area contributed by atoms with Crippen LogP contribution in [0.3, 0.4) is 0 Å². The largest absolute Gasteiger partial charge is 0.453 e. The van der Waals surface area contributed by atoms with E-state index >= 15 is 0 Å². The molecule has 1 aliphatic rings. The Balaban J connectivity index is 2.37. The van der Waals surface area contributed by atoms with Gasteiger partial charge in [-0.25, -0.2) is 0 Å². The number of benzene rings is 1. The summed E-state index contributed by atoms with van der Waals surface area (Å²) in [6.07, 6.45) is 1.66. The van der Waals surface area contributed by atoms with Gasteiger partial charge in [0.2, 0.25) is 6.79 Å². The molecule has 18 heavy (non-hydrogen) atoms. The molecule has 2 aromatic rings. The van der Waals surface area contributed by atoms with Crippen molar-refractivity contribution in [3.8, 4) is 17.2 Å². The SMILES string of the molecule is CC(=O)Oc1c(C)c2c(c3ncccc13)OCO2. The second kappa shape index (κ2) is 3.87. The molecule has 0 fully saturated rings. The molecule has 0 unspecified atom stereocenters. The van der Waals surface area contributed by atoms with Crippen molar-refractivity contribution >= 4 is 16.9 Å². The first-order valence-electron chi connectivity index (χ1n) is 5.54. The molecule has 0 radical (unpaired) electrons. The van der Waals surface area contributed by atoms with Gasteiger partial charge in [0.25, 0.3) is 0 Å². The molecule has 0 saturated carbocycles. The fourth-order valence-electron chi connectivity index (χ4n) is 2.08. The summed E-state index contributed by atoms with van der Waals surface area (Å²) >= 11 is 0. The van der Waals surface area contributed by atoms with Gasteiger partial charge in [-0.1, -0.05) is 0 Å². The summed E-state index contributed by atoms with van der Waals surface area (Å²) in [5.41, 5.74) is 1.39. The number of hydrogen-bond acceptors (Lipinski definition) is 5. The third-order valence-electron chi connectivity index (χ3n) is 2.81. The Morgan fingerprint density at radius 3 is 2.94 bits per heavy atom. The Hall–Kier alpha value is -2.30. The van der Waals surface area contributed by atoms with Crippen molar-refractivity contribution in [2.45, 2.75) is 13.8 Å². The molecule has 1 aromatic carbocycles. The lowest BCUT2D eigenvalue weighted by molar-refractivity contribution is -0.131. The average Bonchev–Trinajstić information content (AvgIpc) is 2.83. The molecule has 0 N–H and O–H groups in total. The van der Waals surface area contributed by atoms with E-state index in [1.807, 2.05) is 13.0 Å². The van der Waals surface area contributed by atoms with E-state index in [9.17, 15) is 4.79 Å². The number of pyridine rings is 1. The quantitative estimate of drug-likeness (QED) is 0.569. The molecule has 2 heterocycles. The minimum atomic E-state index is -0.373. The summed E-state index contributed by atoms with van der Waals surface area (Å²) in [4.78, 5) is 15.5. The smallest absolute Gasteiger partial charge is 0.308 e. The van der Waals surface area contributed by atoms with Crippen molar-refractivity contribution in [3.05, 3.63) is 23.9 Å². The van der Waals surface area contributed by atoms with E-state index in [1.54, 1.807) is 12.3 Å². The summed E-state index contributed by atoms with van der Waals surface area (Å²) < 4.78 is 16.1. The van der Waals surface area contributed by atoms with Crippen LogP contribution in [0.25, 0.3) is 10.9 Å². The Bertz CT molecular complexity index is 651. The fraction of sp³-hybridized carbons (Fsp3) is 0.231. The lowest BCUT2D eigenvalue weighted by Gasteiger charge is -2.11. The van der Waals surface area contributed by atoms with Crippen molar-refractivity contribution in [3.63, 3.8) is 0 Å². The maximum Gasteiger partial charge on any atom is 0.308 e. The molecule has 0 atom stereocenters. The molecule has 3 rings (SSSR count). The predicted octanol–water partition coefficient (Wildman–Crippen LogP) is 2.20. The van der Waals surface area contributed by atoms with E-state index in [2.05, 4.69) is 4.98 Å². The molecule has 1 aromatic heterocycles. The topological polar surface area (TPSA) is 57.7 Å². The van der Waals surface area contributed by atoms with Crippen LogP contribution in [0.4, 0.5) is 0 Å². The van der Waals surface area contributed by atoms with Crippen molar-refractivity contribution in [2.24, 2.45) is 0 Å². The van der Waals surface area contributed by atoms with E-state index < -0.39 is 0 Å². The minimum Gasteiger partial charge on any atom is -0.453 e. The zero-order valence-corrected chi connectivity index (χ0v) is 10.0. The van der Waals surface area contributed by atoms with Crippen LogP contribution < -0.4 is 14.2 Å². The molecule has 1 aliphatic heterocycles. The second-order valence-corrected chi connectivity index (χ2v) is 4.01. The number of aromatic nitrogens is 1. The molecular formula is C13H11NO4. The van der Waals surface area contributed by atoms with Crippen LogP contribution in [-0.2, 0) is 4.79 Å². The normalized spacial score (nSPS) is 12.8. The van der Waals surface area contributed by atoms with Gasteiger partial charge in [0.1, 0.15) is 11.3 Å². The highest BCUT2D eigenvalue weighted by atomic mass is 16.7. The molecular weight excluding hydrogens is 234 g/mol. The van der Waals surface area contributed by atoms with Gasteiger partial charge in [0.15, 0.2) is 11.5 Å². The highest BCUT2D eigenvalue weighted by molar-refractivity contribution is 5.96. The summed E-state index contributed by atoms with van der Waals surface area (Å²) in [7, 11) is 0. The van der Waals surface area contributed by atoms with Crippen LogP contribution in [-0.4, -0.2) is 17.7 Å². The van der Waals surface area contributed by atoms with Gasteiger partial charge in [0.05, 0.1) is 0 Å². The molecule has 0 spiro atoms. The van der Waals surface area contributed by atoms with Gasteiger partial charge in [-0.05, 0) is 19.1 Å². The molecule has 0 bridgehead atoms. The zero-order chi connectivity index (χ0) is 12.7. The van der Waals surface area contributed by atoms with Crippen LogP contribution in [0, 0.1) is 6.92 Å². The van der Waals surface area contributed by atoms with Crippen LogP contribution in [0.15, 0.2) is 18.3 Å². The first-order chi connectivity index (χ1) is 8.68. The number of carbonyl (C=O) groups is 1.